The summed E-state index contributed by atoms with van der Waals surface area (Å²) in [6.07, 6.45) is 0. The number of amides is 1. The lowest BCUT2D eigenvalue weighted by Gasteiger charge is -2.20. The van der Waals surface area contributed by atoms with Crippen molar-refractivity contribution in [1.82, 2.24) is 0 Å². The van der Waals surface area contributed by atoms with Gasteiger partial charge in [0.1, 0.15) is 13.2 Å². The summed E-state index contributed by atoms with van der Waals surface area (Å²) in [6, 6.07) is 10.2. The summed E-state index contributed by atoms with van der Waals surface area (Å²) in [6.45, 7) is 2.39. The SMILES string of the molecule is CC(=O)c1ccccc1NC(=O)c1cc2c(cc1Br)OCCO2. The van der Waals surface area contributed by atoms with Crippen LogP contribution in [0, 0.1) is 0 Å². The van der Waals surface area contributed by atoms with Crippen molar-refractivity contribution in [3.63, 3.8) is 0 Å². The molecule has 1 N–H and O–H groups in total. The van der Waals surface area contributed by atoms with Gasteiger partial charge in [0, 0.05) is 10.0 Å². The highest BCUT2D eigenvalue weighted by Gasteiger charge is 2.19. The van der Waals surface area contributed by atoms with Crippen LogP contribution in [-0.2, 0) is 0 Å². The lowest BCUT2D eigenvalue weighted by atomic mass is 10.1. The van der Waals surface area contributed by atoms with Gasteiger partial charge in [-0.15, -0.1) is 0 Å². The maximum Gasteiger partial charge on any atom is 0.256 e. The lowest BCUT2D eigenvalue weighted by molar-refractivity contribution is 0.101. The molecule has 118 valence electrons. The molecule has 2 aromatic rings. The van der Waals surface area contributed by atoms with Crippen molar-refractivity contribution in [2.24, 2.45) is 0 Å². The van der Waals surface area contributed by atoms with Gasteiger partial charge in [0.05, 0.1) is 11.3 Å². The molecule has 0 atom stereocenters. The van der Waals surface area contributed by atoms with Crippen LogP contribution in [0.3, 0.4) is 0 Å². The lowest BCUT2D eigenvalue weighted by Crippen LogP contribution is -2.18. The van der Waals surface area contributed by atoms with E-state index in [4.69, 9.17) is 9.47 Å². The maximum atomic E-state index is 12.5. The number of hydrogen-bond donors (Lipinski definition) is 1. The predicted molar refractivity (Wildman–Crippen MR) is 89.5 cm³/mol. The number of benzene rings is 2. The van der Waals surface area contributed by atoms with E-state index < -0.39 is 0 Å². The Morgan fingerprint density at radius 3 is 2.39 bits per heavy atom. The van der Waals surface area contributed by atoms with Gasteiger partial charge in [0.25, 0.3) is 5.91 Å². The fourth-order valence-electron chi connectivity index (χ4n) is 2.33. The number of rotatable bonds is 3. The minimum atomic E-state index is -0.331. The number of hydrogen-bond acceptors (Lipinski definition) is 4. The molecule has 2 aromatic carbocycles. The van der Waals surface area contributed by atoms with E-state index >= 15 is 0 Å². The van der Waals surface area contributed by atoms with E-state index in [1.54, 1.807) is 36.4 Å². The number of carbonyl (C=O) groups excluding carboxylic acids is 2. The minimum Gasteiger partial charge on any atom is -0.486 e. The summed E-state index contributed by atoms with van der Waals surface area (Å²) < 4.78 is 11.6. The van der Waals surface area contributed by atoms with Crippen molar-refractivity contribution in [2.45, 2.75) is 6.92 Å². The molecule has 23 heavy (non-hydrogen) atoms. The number of para-hydroxylation sites is 1. The molecule has 0 radical (unpaired) electrons. The Morgan fingerprint density at radius 1 is 1.04 bits per heavy atom. The first-order valence-corrected chi connectivity index (χ1v) is 7.86. The van der Waals surface area contributed by atoms with Crippen LogP contribution in [0.1, 0.15) is 27.6 Å². The Labute approximate surface area is 141 Å². The molecule has 0 spiro atoms. The Balaban J connectivity index is 1.91. The monoisotopic (exact) mass is 375 g/mol. The highest BCUT2D eigenvalue weighted by molar-refractivity contribution is 9.10. The standard InChI is InChI=1S/C17H14BrNO4/c1-10(20)11-4-2-3-5-14(11)19-17(21)12-8-15-16(9-13(12)18)23-7-6-22-15/h2-5,8-9H,6-7H2,1H3,(H,19,21). The molecule has 0 unspecified atom stereocenters. The normalized spacial score (nSPS) is 12.6. The predicted octanol–water partition coefficient (Wildman–Crippen LogP) is 3.68. The topological polar surface area (TPSA) is 64.6 Å². The van der Waals surface area contributed by atoms with Crippen LogP contribution >= 0.6 is 15.9 Å². The number of fused-ring (bicyclic) bond motifs is 1. The van der Waals surface area contributed by atoms with Crippen LogP contribution in [0.4, 0.5) is 5.69 Å². The Bertz CT molecular complexity index is 788. The van der Waals surface area contributed by atoms with Crippen LogP contribution < -0.4 is 14.8 Å². The van der Waals surface area contributed by atoms with Gasteiger partial charge in [0.2, 0.25) is 0 Å². The highest BCUT2D eigenvalue weighted by atomic mass is 79.9. The molecule has 6 heteroatoms. The maximum absolute atomic E-state index is 12.5. The second-order valence-electron chi connectivity index (χ2n) is 5.03. The molecule has 0 aromatic heterocycles. The highest BCUT2D eigenvalue weighted by Crippen LogP contribution is 2.35. The van der Waals surface area contributed by atoms with Crippen LogP contribution in [0.15, 0.2) is 40.9 Å². The Kier molecular flexibility index (Phi) is 4.34. The molecule has 0 saturated carbocycles. The molecule has 1 aliphatic rings. The third-order valence-corrected chi connectivity index (χ3v) is 4.09. The van der Waals surface area contributed by atoms with Crippen LogP contribution in [-0.4, -0.2) is 24.9 Å². The molecule has 0 fully saturated rings. The number of ketones is 1. The van der Waals surface area contributed by atoms with Gasteiger partial charge in [-0.25, -0.2) is 0 Å². The van der Waals surface area contributed by atoms with Gasteiger partial charge in [-0.3, -0.25) is 9.59 Å². The van der Waals surface area contributed by atoms with E-state index in [9.17, 15) is 9.59 Å². The van der Waals surface area contributed by atoms with Crippen molar-refractivity contribution in [3.05, 3.63) is 52.0 Å². The average Bonchev–Trinajstić information content (AvgIpc) is 2.54. The zero-order valence-corrected chi connectivity index (χ0v) is 14.0. The first kappa shape index (κ1) is 15.6. The third kappa shape index (κ3) is 3.22. The van der Waals surface area contributed by atoms with Gasteiger partial charge in [-0.2, -0.15) is 0 Å². The number of carbonyl (C=O) groups is 2. The van der Waals surface area contributed by atoms with Gasteiger partial charge in [0.15, 0.2) is 17.3 Å². The van der Waals surface area contributed by atoms with E-state index in [0.717, 1.165) is 0 Å². The third-order valence-electron chi connectivity index (χ3n) is 3.43. The molecule has 5 nitrogen and oxygen atoms in total. The van der Waals surface area contributed by atoms with Crippen LogP contribution in [0.2, 0.25) is 0 Å². The smallest absolute Gasteiger partial charge is 0.256 e. The fourth-order valence-corrected chi connectivity index (χ4v) is 2.83. The first-order chi connectivity index (χ1) is 11.1. The Hall–Kier alpha value is -2.34. The number of nitrogens with one attached hydrogen (secondary N) is 1. The van der Waals surface area contributed by atoms with Crippen molar-refractivity contribution < 1.29 is 19.1 Å². The quantitative estimate of drug-likeness (QED) is 0.831. The van der Waals surface area contributed by atoms with Crippen LogP contribution in [0.25, 0.3) is 0 Å². The van der Waals surface area contributed by atoms with E-state index in [1.807, 2.05) is 0 Å². The molecular formula is C17H14BrNO4. The Morgan fingerprint density at radius 2 is 1.70 bits per heavy atom. The van der Waals surface area contributed by atoms with Crippen molar-refractivity contribution in [2.75, 3.05) is 18.5 Å². The molecule has 0 bridgehead atoms. The van der Waals surface area contributed by atoms with E-state index in [0.29, 0.717) is 46.0 Å². The molecule has 1 aliphatic heterocycles. The zero-order valence-electron chi connectivity index (χ0n) is 12.4. The van der Waals surface area contributed by atoms with Crippen molar-refractivity contribution in [3.8, 4) is 11.5 Å². The number of anilines is 1. The summed E-state index contributed by atoms with van der Waals surface area (Å²) >= 11 is 3.37. The average molecular weight is 376 g/mol. The summed E-state index contributed by atoms with van der Waals surface area (Å²) in [5.74, 6) is 0.693. The second kappa shape index (κ2) is 6.42. The van der Waals surface area contributed by atoms with Gasteiger partial charge in [-0.05, 0) is 47.1 Å². The largest absolute Gasteiger partial charge is 0.486 e. The van der Waals surface area contributed by atoms with Gasteiger partial charge >= 0.3 is 0 Å². The molecule has 1 amide bonds. The van der Waals surface area contributed by atoms with E-state index in [2.05, 4.69) is 21.2 Å². The van der Waals surface area contributed by atoms with Crippen molar-refractivity contribution in [1.29, 1.82) is 0 Å². The zero-order chi connectivity index (χ0) is 16.4. The second-order valence-corrected chi connectivity index (χ2v) is 5.89. The first-order valence-electron chi connectivity index (χ1n) is 7.06. The fraction of sp³-hybridized carbons (Fsp3) is 0.176. The van der Waals surface area contributed by atoms with Crippen LogP contribution in [0.5, 0.6) is 11.5 Å². The summed E-state index contributed by atoms with van der Waals surface area (Å²) in [7, 11) is 0. The minimum absolute atomic E-state index is 0.109. The number of halogens is 1. The molecule has 3 rings (SSSR count). The number of Topliss-reactive ketones (excluding diaryl/α,β-unsaturated/α-hetero) is 1. The molecule has 0 aliphatic carbocycles. The van der Waals surface area contributed by atoms with Crippen molar-refractivity contribution >= 4 is 33.3 Å². The summed E-state index contributed by atoms with van der Waals surface area (Å²) in [5.41, 5.74) is 1.36. The molecule has 1 heterocycles. The van der Waals surface area contributed by atoms with E-state index in [-0.39, 0.29) is 11.7 Å². The number of ether oxygens (including phenoxy) is 2. The molecular weight excluding hydrogens is 362 g/mol. The van der Waals surface area contributed by atoms with Gasteiger partial charge in [-0.1, -0.05) is 12.1 Å². The van der Waals surface area contributed by atoms with Gasteiger partial charge < -0.3 is 14.8 Å². The molecule has 0 saturated heterocycles. The van der Waals surface area contributed by atoms with E-state index in [1.165, 1.54) is 6.92 Å². The summed E-state index contributed by atoms with van der Waals surface area (Å²) in [5, 5.41) is 2.77. The summed E-state index contributed by atoms with van der Waals surface area (Å²) in [4.78, 5) is 24.2.